The van der Waals surface area contributed by atoms with Crippen molar-refractivity contribution < 1.29 is 24.4 Å². The summed E-state index contributed by atoms with van der Waals surface area (Å²) in [4.78, 5) is 20.9. The average molecular weight is 399 g/mol. The Kier molecular flexibility index (Phi) is 5.31. The maximum absolute atomic E-state index is 12.0. The first-order valence-corrected chi connectivity index (χ1v) is 9.75. The Balaban J connectivity index is 1.80. The Labute approximate surface area is 168 Å². The molecule has 28 heavy (non-hydrogen) atoms. The number of fused-ring (bicyclic) bond motifs is 2. The van der Waals surface area contributed by atoms with Crippen LogP contribution in [0.15, 0.2) is 46.9 Å². The van der Waals surface area contributed by atoms with E-state index in [1.54, 1.807) is 13.2 Å². The van der Waals surface area contributed by atoms with Crippen LogP contribution in [0.2, 0.25) is 0 Å². The highest BCUT2D eigenvalue weighted by molar-refractivity contribution is 7.78. The third kappa shape index (κ3) is 3.37. The standard InChI is InChI=1S/C21H21NO5S/c1-25-14-4-7-16-19(10-14)26-18-9-13(23)3-6-15(18)21(16)17-5-2-12(22-11-28)8-20(17)27-24/h4,7-10,12,15,17,21,24H,2-3,5-6H2,1H3. The van der Waals surface area contributed by atoms with Crippen LogP contribution in [0.5, 0.6) is 11.5 Å². The number of benzene rings is 1. The minimum atomic E-state index is -0.144. The molecule has 4 atom stereocenters. The Bertz CT molecular complexity index is 902. The zero-order valence-corrected chi connectivity index (χ0v) is 16.3. The summed E-state index contributed by atoms with van der Waals surface area (Å²) in [6.45, 7) is 0. The fourth-order valence-corrected chi connectivity index (χ4v) is 4.73. The molecule has 0 spiro atoms. The number of rotatable bonds is 4. The smallest absolute Gasteiger partial charge is 0.159 e. The average Bonchev–Trinajstić information content (AvgIpc) is 2.71. The van der Waals surface area contributed by atoms with E-state index in [0.717, 1.165) is 18.4 Å². The predicted molar refractivity (Wildman–Crippen MR) is 106 cm³/mol. The molecule has 1 aromatic carbocycles. The number of hydrogen-bond acceptors (Lipinski definition) is 7. The van der Waals surface area contributed by atoms with Crippen LogP contribution in [0, 0.1) is 11.8 Å². The molecule has 0 saturated carbocycles. The molecule has 4 rings (SSSR count). The second-order valence-electron chi connectivity index (χ2n) is 7.32. The number of aliphatic imine (C=N–C) groups is 1. The number of carbonyl (C=O) groups is 1. The van der Waals surface area contributed by atoms with Gasteiger partial charge in [0.1, 0.15) is 23.0 Å². The largest absolute Gasteiger partial charge is 0.497 e. The molecule has 0 aromatic heterocycles. The van der Waals surface area contributed by atoms with E-state index in [9.17, 15) is 10.1 Å². The van der Waals surface area contributed by atoms with Gasteiger partial charge in [-0.3, -0.25) is 4.79 Å². The molecule has 1 aliphatic heterocycles. The Morgan fingerprint density at radius 1 is 1.29 bits per heavy atom. The van der Waals surface area contributed by atoms with E-state index in [2.05, 4.69) is 10.2 Å². The van der Waals surface area contributed by atoms with Gasteiger partial charge in [-0.1, -0.05) is 6.07 Å². The molecule has 0 bridgehead atoms. The first kappa shape index (κ1) is 18.9. The molecule has 6 nitrogen and oxygen atoms in total. The van der Waals surface area contributed by atoms with Gasteiger partial charge in [0.2, 0.25) is 0 Å². The minimum absolute atomic E-state index is 0.0183. The van der Waals surface area contributed by atoms with E-state index < -0.39 is 0 Å². The third-order valence-electron chi connectivity index (χ3n) is 5.86. The van der Waals surface area contributed by atoms with Gasteiger partial charge in [-0.25, -0.2) is 10.2 Å². The van der Waals surface area contributed by atoms with Gasteiger partial charge in [-0.15, -0.1) is 0 Å². The van der Waals surface area contributed by atoms with Crippen molar-refractivity contribution in [2.24, 2.45) is 16.8 Å². The molecule has 0 fully saturated rings. The Morgan fingerprint density at radius 3 is 2.89 bits per heavy atom. The monoisotopic (exact) mass is 399 g/mol. The summed E-state index contributed by atoms with van der Waals surface area (Å²) in [5.41, 5.74) is 1.03. The van der Waals surface area contributed by atoms with Crippen LogP contribution >= 0.6 is 12.2 Å². The van der Waals surface area contributed by atoms with Crippen LogP contribution in [0.25, 0.3) is 0 Å². The van der Waals surface area contributed by atoms with E-state index in [-0.39, 0.29) is 29.6 Å². The van der Waals surface area contributed by atoms with E-state index in [0.29, 0.717) is 35.9 Å². The summed E-state index contributed by atoms with van der Waals surface area (Å²) in [6.07, 6.45) is 6.17. The van der Waals surface area contributed by atoms with E-state index in [1.165, 1.54) is 0 Å². The topological polar surface area (TPSA) is 77.4 Å². The second-order valence-corrected chi connectivity index (χ2v) is 7.50. The molecule has 0 saturated heterocycles. The zero-order valence-electron chi connectivity index (χ0n) is 15.5. The molecule has 0 radical (unpaired) electrons. The van der Waals surface area contributed by atoms with Crippen molar-refractivity contribution >= 4 is 23.2 Å². The second kappa shape index (κ2) is 7.87. The lowest BCUT2D eigenvalue weighted by Gasteiger charge is -2.42. The van der Waals surface area contributed by atoms with Crippen LogP contribution < -0.4 is 9.47 Å². The summed E-state index contributed by atoms with van der Waals surface area (Å²) in [6, 6.07) is 5.60. The number of isothiocyanates is 1. The van der Waals surface area contributed by atoms with Gasteiger partial charge in [-0.05, 0) is 49.2 Å². The number of carbonyl (C=O) groups excluding carboxylic acids is 1. The van der Waals surface area contributed by atoms with Gasteiger partial charge in [0, 0.05) is 36.3 Å². The number of hydrogen-bond donors (Lipinski definition) is 1. The summed E-state index contributed by atoms with van der Waals surface area (Å²) < 4.78 is 11.4. The van der Waals surface area contributed by atoms with Crippen molar-refractivity contribution in [3.63, 3.8) is 0 Å². The molecule has 1 N–H and O–H groups in total. The van der Waals surface area contributed by atoms with E-state index in [1.807, 2.05) is 24.3 Å². The number of thiocarbonyl (C=S) groups is 1. The SMILES string of the molecule is COc1ccc2c(c1)OC1=CC(=O)CCC1C2C1CCC(N=C=S)C=C1OO. The Morgan fingerprint density at radius 2 is 2.14 bits per heavy atom. The van der Waals surface area contributed by atoms with Crippen molar-refractivity contribution in [1.82, 2.24) is 0 Å². The predicted octanol–water partition coefficient (Wildman–Crippen LogP) is 4.29. The van der Waals surface area contributed by atoms with Gasteiger partial charge in [0.25, 0.3) is 0 Å². The van der Waals surface area contributed by atoms with Gasteiger partial charge >= 0.3 is 0 Å². The molecular formula is C21H21NO5S. The van der Waals surface area contributed by atoms with Crippen LogP contribution in [-0.2, 0) is 9.68 Å². The van der Waals surface area contributed by atoms with Crippen molar-refractivity contribution in [3.05, 3.63) is 47.4 Å². The maximum Gasteiger partial charge on any atom is 0.159 e. The highest BCUT2D eigenvalue weighted by Gasteiger charge is 2.44. The van der Waals surface area contributed by atoms with Gasteiger partial charge in [0.05, 0.1) is 18.3 Å². The van der Waals surface area contributed by atoms with Crippen molar-refractivity contribution in [1.29, 1.82) is 0 Å². The number of methoxy groups -OCH3 is 1. The fourth-order valence-electron chi connectivity index (χ4n) is 4.60. The molecule has 1 aromatic rings. The molecule has 2 aliphatic carbocycles. The van der Waals surface area contributed by atoms with Crippen LogP contribution in [-0.4, -0.2) is 29.4 Å². The van der Waals surface area contributed by atoms with E-state index in [4.69, 9.17) is 26.6 Å². The zero-order chi connectivity index (χ0) is 19.7. The Hall–Kier alpha value is -2.47. The summed E-state index contributed by atoms with van der Waals surface area (Å²) in [5, 5.41) is 12.0. The molecule has 3 aliphatic rings. The van der Waals surface area contributed by atoms with Gasteiger partial charge < -0.3 is 14.4 Å². The lowest BCUT2D eigenvalue weighted by atomic mass is 9.67. The van der Waals surface area contributed by atoms with Gasteiger partial charge in [-0.2, -0.15) is 0 Å². The number of ether oxygens (including phenoxy) is 2. The van der Waals surface area contributed by atoms with Crippen molar-refractivity contribution in [2.45, 2.75) is 37.6 Å². The summed E-state index contributed by atoms with van der Waals surface area (Å²) in [7, 11) is 1.60. The molecule has 1 heterocycles. The molecule has 146 valence electrons. The first-order valence-electron chi connectivity index (χ1n) is 9.35. The highest BCUT2D eigenvalue weighted by atomic mass is 32.1. The molecular weight excluding hydrogens is 378 g/mol. The summed E-state index contributed by atoms with van der Waals surface area (Å²) >= 11 is 4.71. The van der Waals surface area contributed by atoms with Crippen LogP contribution in [0.4, 0.5) is 0 Å². The normalized spacial score (nSPS) is 28.6. The van der Waals surface area contributed by atoms with Crippen LogP contribution in [0.1, 0.15) is 37.2 Å². The first-order chi connectivity index (χ1) is 13.6. The van der Waals surface area contributed by atoms with E-state index >= 15 is 0 Å². The fraction of sp³-hybridized carbons (Fsp3) is 0.429. The quantitative estimate of drug-likeness (QED) is 0.352. The number of nitrogens with zero attached hydrogens (tertiary/aromatic N) is 1. The maximum atomic E-state index is 12.0. The minimum Gasteiger partial charge on any atom is -0.497 e. The lowest BCUT2D eigenvalue weighted by molar-refractivity contribution is -0.215. The number of ketones is 1. The van der Waals surface area contributed by atoms with Crippen LogP contribution in [0.3, 0.4) is 0 Å². The molecule has 4 unspecified atom stereocenters. The third-order valence-corrected chi connectivity index (χ3v) is 5.97. The summed E-state index contributed by atoms with van der Waals surface area (Å²) in [5.74, 6) is 2.61. The van der Waals surface area contributed by atoms with Crippen molar-refractivity contribution in [2.75, 3.05) is 7.11 Å². The van der Waals surface area contributed by atoms with Gasteiger partial charge in [0.15, 0.2) is 5.78 Å². The van der Waals surface area contributed by atoms with Crippen molar-refractivity contribution in [3.8, 4) is 11.5 Å². The lowest BCUT2D eigenvalue weighted by Crippen LogP contribution is -2.35. The number of allylic oxidation sites excluding steroid dienone is 3. The molecule has 0 amide bonds. The highest BCUT2D eigenvalue weighted by Crippen LogP contribution is 2.53. The molecule has 7 heteroatoms.